The van der Waals surface area contributed by atoms with E-state index in [1.807, 2.05) is 0 Å². The van der Waals surface area contributed by atoms with Gasteiger partial charge in [0, 0.05) is 11.8 Å². The van der Waals surface area contributed by atoms with E-state index >= 15 is 0 Å². The molecule has 0 aliphatic rings. The standard InChI is InChI=1S/C7H12N2O4/c8-7(13)9-5(4-11)3-6(12)1-2-10/h1,3,10-12H,2,4H2,(H3,8,9,13). The molecule has 6 N–H and O–H groups in total. The molecule has 0 radical (unpaired) electrons. The fraction of sp³-hybridized carbons (Fsp3) is 0.286. The third-order valence-corrected chi connectivity index (χ3v) is 1.08. The van der Waals surface area contributed by atoms with Crippen molar-refractivity contribution in [3.63, 3.8) is 0 Å². The maximum atomic E-state index is 10.3. The third kappa shape index (κ3) is 5.71. The van der Waals surface area contributed by atoms with Crippen molar-refractivity contribution in [2.24, 2.45) is 5.73 Å². The summed E-state index contributed by atoms with van der Waals surface area (Å²) in [5.74, 6) is -0.264. The lowest BCUT2D eigenvalue weighted by Crippen LogP contribution is -2.30. The summed E-state index contributed by atoms with van der Waals surface area (Å²) in [5.41, 5.74) is 4.82. The second-order valence-corrected chi connectivity index (χ2v) is 2.13. The first-order valence-electron chi connectivity index (χ1n) is 3.48. The number of urea groups is 1. The van der Waals surface area contributed by atoms with Gasteiger partial charge in [0.05, 0.1) is 13.2 Å². The third-order valence-electron chi connectivity index (χ3n) is 1.08. The van der Waals surface area contributed by atoms with Gasteiger partial charge in [-0.2, -0.15) is 0 Å². The van der Waals surface area contributed by atoms with E-state index in [2.05, 4.69) is 5.32 Å². The molecule has 0 saturated heterocycles. The van der Waals surface area contributed by atoms with Crippen LogP contribution in [0.5, 0.6) is 0 Å². The molecule has 0 bridgehead atoms. The quantitative estimate of drug-likeness (QED) is 0.286. The Balaban J connectivity index is 4.37. The maximum Gasteiger partial charge on any atom is 0.316 e. The second-order valence-electron chi connectivity index (χ2n) is 2.13. The monoisotopic (exact) mass is 188 g/mol. The van der Waals surface area contributed by atoms with Crippen LogP contribution in [0.1, 0.15) is 0 Å². The molecule has 0 aromatic rings. The molecule has 74 valence electrons. The molecule has 0 aliphatic heterocycles. The van der Waals surface area contributed by atoms with Gasteiger partial charge in [-0.3, -0.25) is 0 Å². The molecule has 6 nitrogen and oxygen atoms in total. The molecule has 0 unspecified atom stereocenters. The number of amides is 2. The molecule has 0 aromatic carbocycles. The number of carbonyl (C=O) groups excluding carboxylic acids is 1. The van der Waals surface area contributed by atoms with E-state index in [-0.39, 0.29) is 18.1 Å². The zero-order valence-electron chi connectivity index (χ0n) is 6.90. The molecule has 0 aliphatic carbocycles. The second kappa shape index (κ2) is 6.04. The molecule has 6 heteroatoms. The van der Waals surface area contributed by atoms with Crippen LogP contribution in [0.3, 0.4) is 0 Å². The Morgan fingerprint density at radius 1 is 1.46 bits per heavy atom. The molecule has 0 atom stereocenters. The van der Waals surface area contributed by atoms with Gasteiger partial charge >= 0.3 is 6.03 Å². The van der Waals surface area contributed by atoms with Gasteiger partial charge in [-0.25, -0.2) is 4.79 Å². The summed E-state index contributed by atoms with van der Waals surface area (Å²) in [5, 5.41) is 28.1. The first kappa shape index (κ1) is 11.5. The Bertz CT molecular complexity index is 235. The Morgan fingerprint density at radius 2 is 2.08 bits per heavy atom. The van der Waals surface area contributed by atoms with Gasteiger partial charge in [0.1, 0.15) is 5.76 Å². The number of allylic oxidation sites excluding steroid dienone is 1. The highest BCUT2D eigenvalue weighted by molar-refractivity contribution is 5.73. The number of nitrogens with one attached hydrogen (secondary N) is 1. The molecule has 13 heavy (non-hydrogen) atoms. The molecular weight excluding hydrogens is 176 g/mol. The minimum absolute atomic E-state index is 0.0506. The summed E-state index contributed by atoms with van der Waals surface area (Å²) < 4.78 is 0. The van der Waals surface area contributed by atoms with Gasteiger partial charge < -0.3 is 26.4 Å². The Labute approximate surface area is 75.0 Å². The fourth-order valence-electron chi connectivity index (χ4n) is 0.610. The molecular formula is C7H12N2O4. The van der Waals surface area contributed by atoms with Crippen molar-refractivity contribution in [2.45, 2.75) is 0 Å². The summed E-state index contributed by atoms with van der Waals surface area (Å²) in [4.78, 5) is 10.3. The molecule has 0 saturated carbocycles. The lowest BCUT2D eigenvalue weighted by molar-refractivity contribution is 0.248. The van der Waals surface area contributed by atoms with E-state index in [0.29, 0.717) is 0 Å². The maximum absolute atomic E-state index is 10.3. The van der Waals surface area contributed by atoms with Gasteiger partial charge in [-0.1, -0.05) is 0 Å². The highest BCUT2D eigenvalue weighted by atomic mass is 16.3. The van der Waals surface area contributed by atoms with Gasteiger partial charge in [0.2, 0.25) is 0 Å². The predicted molar refractivity (Wildman–Crippen MR) is 45.7 cm³/mol. The Morgan fingerprint density at radius 3 is 2.46 bits per heavy atom. The van der Waals surface area contributed by atoms with Crippen LogP contribution in [0.4, 0.5) is 4.79 Å². The van der Waals surface area contributed by atoms with E-state index in [1.165, 1.54) is 0 Å². The minimum atomic E-state index is -0.836. The van der Waals surface area contributed by atoms with Crippen molar-refractivity contribution in [3.8, 4) is 0 Å². The van der Waals surface area contributed by atoms with Crippen LogP contribution in [0.15, 0.2) is 23.6 Å². The van der Waals surface area contributed by atoms with Crippen LogP contribution >= 0.6 is 0 Å². The van der Waals surface area contributed by atoms with Crippen LogP contribution in [0.25, 0.3) is 0 Å². The van der Waals surface area contributed by atoms with Gasteiger partial charge in [-0.05, 0) is 6.08 Å². The summed E-state index contributed by atoms with van der Waals surface area (Å²) >= 11 is 0. The van der Waals surface area contributed by atoms with Crippen LogP contribution in [-0.2, 0) is 0 Å². The summed E-state index contributed by atoms with van der Waals surface area (Å²) in [6.07, 6.45) is 2.18. The number of hydrogen-bond donors (Lipinski definition) is 5. The van der Waals surface area contributed by atoms with Gasteiger partial charge in [-0.15, -0.1) is 0 Å². The van der Waals surface area contributed by atoms with Crippen molar-refractivity contribution in [1.29, 1.82) is 0 Å². The highest BCUT2D eigenvalue weighted by Gasteiger charge is 1.98. The first-order valence-corrected chi connectivity index (χ1v) is 3.48. The predicted octanol–water partition coefficient (Wildman–Crippen LogP) is -1.03. The number of primary amides is 1. The van der Waals surface area contributed by atoms with E-state index in [4.69, 9.17) is 21.1 Å². The van der Waals surface area contributed by atoms with Crippen LogP contribution in [-0.4, -0.2) is 34.6 Å². The summed E-state index contributed by atoms with van der Waals surface area (Å²) in [6.45, 7) is -0.802. The van der Waals surface area contributed by atoms with Crippen molar-refractivity contribution >= 4 is 6.03 Å². The lowest BCUT2D eigenvalue weighted by Gasteiger charge is -2.03. The number of aliphatic hydroxyl groups is 3. The summed E-state index contributed by atoms with van der Waals surface area (Å²) in [6, 6.07) is -0.836. The number of carbonyl (C=O) groups is 1. The van der Waals surface area contributed by atoms with Crippen LogP contribution in [0, 0.1) is 0 Å². The van der Waals surface area contributed by atoms with E-state index in [1.54, 1.807) is 0 Å². The zero-order chi connectivity index (χ0) is 10.3. The van der Waals surface area contributed by atoms with Crippen LogP contribution < -0.4 is 11.1 Å². The molecule has 0 spiro atoms. The average molecular weight is 188 g/mol. The SMILES string of the molecule is NC(=O)NC(=CC(O)=CCO)CO. The largest absolute Gasteiger partial charge is 0.508 e. The average Bonchev–Trinajstić information content (AvgIpc) is 2.02. The first-order chi connectivity index (χ1) is 6.10. The van der Waals surface area contributed by atoms with Crippen LogP contribution in [0.2, 0.25) is 0 Å². The van der Waals surface area contributed by atoms with E-state index in [0.717, 1.165) is 12.2 Å². The van der Waals surface area contributed by atoms with E-state index < -0.39 is 12.6 Å². The normalized spacial score (nSPS) is 12.8. The highest BCUT2D eigenvalue weighted by Crippen LogP contribution is 1.95. The molecule has 0 fully saturated rings. The molecule has 2 amide bonds. The summed E-state index contributed by atoms with van der Waals surface area (Å²) in [7, 11) is 0. The van der Waals surface area contributed by atoms with Gasteiger partial charge in [0.15, 0.2) is 0 Å². The van der Waals surface area contributed by atoms with Crippen molar-refractivity contribution < 1.29 is 20.1 Å². The van der Waals surface area contributed by atoms with Crippen molar-refractivity contribution in [1.82, 2.24) is 5.32 Å². The topological polar surface area (TPSA) is 116 Å². The van der Waals surface area contributed by atoms with E-state index in [9.17, 15) is 4.79 Å². The lowest BCUT2D eigenvalue weighted by atomic mass is 10.3. The Hall–Kier alpha value is -1.53. The smallest absolute Gasteiger partial charge is 0.316 e. The van der Waals surface area contributed by atoms with Crippen molar-refractivity contribution in [3.05, 3.63) is 23.6 Å². The Kier molecular flexibility index (Phi) is 5.33. The number of hydrogen-bond acceptors (Lipinski definition) is 4. The molecule has 0 rings (SSSR count). The molecule has 0 aromatic heterocycles. The number of aliphatic hydroxyl groups excluding tert-OH is 3. The fourth-order valence-corrected chi connectivity index (χ4v) is 0.610. The van der Waals surface area contributed by atoms with Crippen molar-refractivity contribution in [2.75, 3.05) is 13.2 Å². The van der Waals surface area contributed by atoms with Gasteiger partial charge in [0.25, 0.3) is 0 Å². The zero-order valence-corrected chi connectivity index (χ0v) is 6.90. The molecule has 0 heterocycles. The number of rotatable bonds is 4. The minimum Gasteiger partial charge on any atom is -0.508 e. The number of nitrogens with two attached hydrogens (primary N) is 1.